The zero-order valence-electron chi connectivity index (χ0n) is 42.6. The molecule has 0 radical (unpaired) electrons. The van der Waals surface area contributed by atoms with E-state index >= 15 is 0 Å². The molecule has 0 spiro atoms. The minimum atomic E-state index is -0.892. The van der Waals surface area contributed by atoms with Gasteiger partial charge in [-0.25, -0.2) is 0 Å². The van der Waals surface area contributed by atoms with Crippen molar-refractivity contribution in [3.05, 3.63) is 146 Å². The summed E-state index contributed by atoms with van der Waals surface area (Å²) >= 11 is 0. The Bertz CT molecular complexity index is 1400. The number of allylic oxidation sites excluding steroid dienone is 23. The molecule has 0 aromatic heterocycles. The van der Waals surface area contributed by atoms with E-state index < -0.39 is 12.1 Å². The second-order valence-electron chi connectivity index (χ2n) is 17.6. The van der Waals surface area contributed by atoms with Crippen molar-refractivity contribution in [3.8, 4) is 0 Å². The molecule has 3 N–H and O–H groups in total. The van der Waals surface area contributed by atoms with Gasteiger partial charge in [-0.3, -0.25) is 4.79 Å². The van der Waals surface area contributed by atoms with Crippen molar-refractivity contribution in [2.45, 2.75) is 231 Å². The van der Waals surface area contributed by atoms with Crippen molar-refractivity contribution in [1.82, 2.24) is 5.32 Å². The van der Waals surface area contributed by atoms with Crippen molar-refractivity contribution in [3.63, 3.8) is 0 Å². The Labute approximate surface area is 408 Å². The molecule has 0 rings (SSSR count). The molecule has 0 aromatic carbocycles. The first-order valence-electron chi connectivity index (χ1n) is 27.0. The molecule has 66 heavy (non-hydrogen) atoms. The average Bonchev–Trinajstić information content (AvgIpc) is 3.32. The van der Waals surface area contributed by atoms with E-state index in [1.807, 2.05) is 6.08 Å². The van der Waals surface area contributed by atoms with Crippen LogP contribution in [0, 0.1) is 0 Å². The minimum absolute atomic E-state index is 0.122. The first-order valence-corrected chi connectivity index (χ1v) is 27.0. The molecule has 0 heterocycles. The maximum absolute atomic E-state index is 12.4. The summed E-state index contributed by atoms with van der Waals surface area (Å²) in [5.74, 6) is -0.122. The summed E-state index contributed by atoms with van der Waals surface area (Å²) in [6.45, 7) is 4.16. The maximum Gasteiger partial charge on any atom is 0.220 e. The topological polar surface area (TPSA) is 69.6 Å². The number of nitrogens with one attached hydrogen (secondary N) is 1. The summed E-state index contributed by atoms with van der Waals surface area (Å²) in [6, 6.07) is -0.675. The number of unbranched alkanes of at least 4 members (excludes halogenated alkanes) is 18. The van der Waals surface area contributed by atoms with Crippen LogP contribution in [0.15, 0.2) is 146 Å². The number of amides is 1. The third-order valence-electron chi connectivity index (χ3n) is 11.3. The van der Waals surface area contributed by atoms with E-state index in [4.69, 9.17) is 0 Å². The molecular weight excluding hydrogens is 807 g/mol. The van der Waals surface area contributed by atoms with Gasteiger partial charge in [0.05, 0.1) is 18.8 Å². The normalized spacial score (nSPS) is 14.1. The van der Waals surface area contributed by atoms with Gasteiger partial charge in [-0.15, -0.1) is 0 Å². The van der Waals surface area contributed by atoms with Crippen LogP contribution in [0.5, 0.6) is 0 Å². The summed E-state index contributed by atoms with van der Waals surface area (Å²) < 4.78 is 0. The lowest BCUT2D eigenvalue weighted by Crippen LogP contribution is -2.45. The van der Waals surface area contributed by atoms with Crippen LogP contribution < -0.4 is 5.32 Å². The van der Waals surface area contributed by atoms with Crippen LogP contribution in [0.25, 0.3) is 0 Å². The first-order chi connectivity index (χ1) is 32.7. The highest BCUT2D eigenvalue weighted by molar-refractivity contribution is 5.76. The molecule has 0 aliphatic heterocycles. The zero-order valence-corrected chi connectivity index (χ0v) is 42.6. The Morgan fingerprint density at radius 3 is 1.06 bits per heavy atom. The summed E-state index contributed by atoms with van der Waals surface area (Å²) in [4.78, 5) is 12.4. The van der Waals surface area contributed by atoms with Crippen LogP contribution in [0.2, 0.25) is 0 Å². The van der Waals surface area contributed by atoms with Crippen molar-refractivity contribution >= 4 is 5.91 Å². The molecule has 4 heteroatoms. The first kappa shape index (κ1) is 62.3. The molecule has 0 aliphatic carbocycles. The molecular formula is C62H101NO3. The third kappa shape index (κ3) is 51.3. The number of aliphatic hydroxyl groups excluding tert-OH is 2. The lowest BCUT2D eigenvalue weighted by molar-refractivity contribution is -0.123. The lowest BCUT2D eigenvalue weighted by Gasteiger charge is -2.19. The van der Waals surface area contributed by atoms with Crippen molar-refractivity contribution in [1.29, 1.82) is 0 Å². The Morgan fingerprint density at radius 2 is 0.682 bits per heavy atom. The zero-order chi connectivity index (χ0) is 47.7. The molecule has 0 aromatic rings. The number of carbonyl (C=O) groups excluding carboxylic acids is 1. The second kappa shape index (κ2) is 55.6. The van der Waals surface area contributed by atoms with Gasteiger partial charge >= 0.3 is 0 Å². The fraction of sp³-hybridized carbons (Fsp3) is 0.597. The molecule has 2 unspecified atom stereocenters. The highest BCUT2D eigenvalue weighted by atomic mass is 16.3. The molecule has 0 saturated heterocycles. The Kier molecular flexibility index (Phi) is 52.5. The number of hydrogen-bond acceptors (Lipinski definition) is 3. The molecule has 0 bridgehead atoms. The summed E-state index contributed by atoms with van der Waals surface area (Å²) in [6.07, 6.45) is 88.5. The van der Waals surface area contributed by atoms with Gasteiger partial charge in [0.15, 0.2) is 0 Å². The predicted molar refractivity (Wildman–Crippen MR) is 294 cm³/mol. The largest absolute Gasteiger partial charge is 0.394 e. The van der Waals surface area contributed by atoms with Crippen LogP contribution in [0.3, 0.4) is 0 Å². The minimum Gasteiger partial charge on any atom is -0.394 e. The second-order valence-corrected chi connectivity index (χ2v) is 17.6. The van der Waals surface area contributed by atoms with Crippen LogP contribution in [-0.2, 0) is 4.79 Å². The highest BCUT2D eigenvalue weighted by Gasteiger charge is 2.17. The number of rotatable bonds is 47. The van der Waals surface area contributed by atoms with E-state index in [9.17, 15) is 15.0 Å². The molecule has 372 valence electrons. The van der Waals surface area contributed by atoms with Gasteiger partial charge < -0.3 is 15.5 Å². The fourth-order valence-corrected chi connectivity index (χ4v) is 7.22. The van der Waals surface area contributed by atoms with Gasteiger partial charge in [-0.05, 0) is 109 Å². The maximum atomic E-state index is 12.4. The fourth-order valence-electron chi connectivity index (χ4n) is 7.22. The predicted octanol–water partition coefficient (Wildman–Crippen LogP) is 18.0. The van der Waals surface area contributed by atoms with Crippen molar-refractivity contribution in [2.75, 3.05) is 6.61 Å². The van der Waals surface area contributed by atoms with Crippen LogP contribution >= 0.6 is 0 Å². The van der Waals surface area contributed by atoms with E-state index in [-0.39, 0.29) is 12.5 Å². The van der Waals surface area contributed by atoms with Gasteiger partial charge in [0.1, 0.15) is 0 Å². The summed E-state index contributed by atoms with van der Waals surface area (Å²) in [5, 5.41) is 23.1. The summed E-state index contributed by atoms with van der Waals surface area (Å²) in [5.41, 5.74) is 0. The number of carbonyl (C=O) groups is 1. The van der Waals surface area contributed by atoms with Gasteiger partial charge in [0.25, 0.3) is 0 Å². The van der Waals surface area contributed by atoms with Gasteiger partial charge in [-0.1, -0.05) is 250 Å². The van der Waals surface area contributed by atoms with E-state index in [1.54, 1.807) is 6.08 Å². The molecule has 0 saturated carbocycles. The van der Waals surface area contributed by atoms with Gasteiger partial charge in [0.2, 0.25) is 5.91 Å². The highest BCUT2D eigenvalue weighted by Crippen LogP contribution is 2.14. The van der Waals surface area contributed by atoms with E-state index in [2.05, 4.69) is 153 Å². The average molecular weight is 908 g/mol. The lowest BCUT2D eigenvalue weighted by atomic mass is 10.0. The monoisotopic (exact) mass is 908 g/mol. The van der Waals surface area contributed by atoms with Crippen LogP contribution in [-0.4, -0.2) is 34.9 Å². The SMILES string of the molecule is CC/C=C\C/C=C\C/C=C\C/C=C\C/C=C\C/C=C\C/C=C\C/C=C\C/C=C\C/C=C\CCCCC(=O)NC(CO)C(O)/C=C/CC/C=C/CCCCCCCCCCCCCCCCC. The Morgan fingerprint density at radius 1 is 0.379 bits per heavy atom. The smallest absolute Gasteiger partial charge is 0.220 e. The summed E-state index contributed by atoms with van der Waals surface area (Å²) in [7, 11) is 0. The van der Waals surface area contributed by atoms with E-state index in [0.717, 1.165) is 103 Å². The molecule has 0 fully saturated rings. The number of hydrogen-bond donors (Lipinski definition) is 3. The Hall–Kier alpha value is -3.73. The third-order valence-corrected chi connectivity index (χ3v) is 11.3. The van der Waals surface area contributed by atoms with Gasteiger partial charge in [-0.2, -0.15) is 0 Å². The van der Waals surface area contributed by atoms with Crippen molar-refractivity contribution < 1.29 is 15.0 Å². The van der Waals surface area contributed by atoms with Crippen molar-refractivity contribution in [2.24, 2.45) is 0 Å². The molecule has 1 amide bonds. The standard InChI is InChI=1S/C62H101NO3/c1-3-5-7-9-11-13-15-17-19-21-23-25-26-27-28-29-30-31-32-33-34-35-36-38-40-42-44-46-48-50-52-54-56-58-62(66)63-60(59-64)61(65)57-55-53-51-49-47-45-43-41-39-37-24-22-20-18-16-14-12-10-8-6-4-2/h5,7,11,13,17,19,23,25,27-28,30-31,33-34,36,38,42,44,47-50,55,57,60-61,64-65H,3-4,6,8-10,12,14-16,18,20-22,24,26,29,32,35,37,39-41,43,45-46,51-54,56,58-59H2,1-2H3,(H,63,66)/b7-5-,13-11-,19-17-,25-23-,28-27-,31-30-,34-33-,38-36-,44-42-,49-47+,50-48-,57-55+. The molecule has 2 atom stereocenters. The van der Waals surface area contributed by atoms with E-state index in [1.165, 1.54) is 96.3 Å². The number of aliphatic hydroxyl groups is 2. The van der Waals surface area contributed by atoms with Gasteiger partial charge in [0, 0.05) is 6.42 Å². The van der Waals surface area contributed by atoms with Crippen LogP contribution in [0.4, 0.5) is 0 Å². The Balaban J connectivity index is 3.76. The quantitative estimate of drug-likeness (QED) is 0.0421. The van der Waals surface area contributed by atoms with E-state index in [0.29, 0.717) is 6.42 Å². The molecule has 4 nitrogen and oxygen atoms in total. The van der Waals surface area contributed by atoms with Crippen LogP contribution in [0.1, 0.15) is 219 Å². The molecule has 0 aliphatic rings.